The fourth-order valence-corrected chi connectivity index (χ4v) is 1.35. The highest BCUT2D eigenvalue weighted by Crippen LogP contribution is 2.33. The van der Waals surface area contributed by atoms with Crippen LogP contribution >= 0.6 is 0 Å². The van der Waals surface area contributed by atoms with Crippen molar-refractivity contribution in [3.05, 3.63) is 29.3 Å². The van der Waals surface area contributed by atoms with Crippen LogP contribution in [0, 0.1) is 0 Å². The first-order valence-electron chi connectivity index (χ1n) is 5.31. The van der Waals surface area contributed by atoms with E-state index >= 15 is 0 Å². The standard InChI is InChI=1S/C12H15F3O2/c1-3-6-17-11-7-10(12(13,14)15)5-4-9(11)8-16-2/h4-5,7H,3,6,8H2,1-2H3. The molecule has 1 rings (SSSR count). The maximum atomic E-state index is 12.5. The monoisotopic (exact) mass is 248 g/mol. The Bertz CT molecular complexity index is 361. The molecule has 0 atom stereocenters. The summed E-state index contributed by atoms with van der Waals surface area (Å²) in [7, 11) is 1.49. The second-order valence-corrected chi connectivity index (χ2v) is 3.60. The summed E-state index contributed by atoms with van der Waals surface area (Å²) in [6.07, 6.45) is -3.61. The summed E-state index contributed by atoms with van der Waals surface area (Å²) < 4.78 is 47.8. The lowest BCUT2D eigenvalue weighted by Gasteiger charge is -2.13. The first-order valence-corrected chi connectivity index (χ1v) is 5.31. The molecule has 0 unspecified atom stereocenters. The molecule has 0 heterocycles. The summed E-state index contributed by atoms with van der Waals surface area (Å²) in [5.74, 6) is 0.239. The third-order valence-corrected chi connectivity index (χ3v) is 2.16. The second-order valence-electron chi connectivity index (χ2n) is 3.60. The molecule has 0 aliphatic carbocycles. The van der Waals surface area contributed by atoms with Gasteiger partial charge in [-0.05, 0) is 18.6 Å². The molecule has 0 saturated heterocycles. The van der Waals surface area contributed by atoms with E-state index in [1.165, 1.54) is 13.2 Å². The number of hydrogen-bond donors (Lipinski definition) is 0. The predicted octanol–water partition coefficient (Wildman–Crippen LogP) is 3.64. The first kappa shape index (κ1) is 13.8. The number of ether oxygens (including phenoxy) is 2. The quantitative estimate of drug-likeness (QED) is 0.792. The third-order valence-electron chi connectivity index (χ3n) is 2.16. The number of rotatable bonds is 5. The van der Waals surface area contributed by atoms with Crippen molar-refractivity contribution in [1.29, 1.82) is 0 Å². The van der Waals surface area contributed by atoms with E-state index in [0.717, 1.165) is 18.6 Å². The minimum Gasteiger partial charge on any atom is -0.493 e. The molecule has 0 amide bonds. The zero-order valence-electron chi connectivity index (χ0n) is 9.80. The third kappa shape index (κ3) is 3.93. The number of alkyl halides is 3. The lowest BCUT2D eigenvalue weighted by Crippen LogP contribution is -2.07. The summed E-state index contributed by atoms with van der Waals surface area (Å²) in [5, 5.41) is 0. The SMILES string of the molecule is CCCOc1cc(C(F)(F)F)ccc1COC. The van der Waals surface area contributed by atoms with Crippen LogP contribution in [0.2, 0.25) is 0 Å². The minimum absolute atomic E-state index is 0.233. The van der Waals surface area contributed by atoms with Gasteiger partial charge in [0.1, 0.15) is 5.75 Å². The van der Waals surface area contributed by atoms with Gasteiger partial charge in [0.15, 0.2) is 0 Å². The van der Waals surface area contributed by atoms with E-state index in [-0.39, 0.29) is 12.4 Å². The van der Waals surface area contributed by atoms with Gasteiger partial charge in [0.25, 0.3) is 0 Å². The maximum absolute atomic E-state index is 12.5. The van der Waals surface area contributed by atoms with Crippen molar-refractivity contribution in [2.75, 3.05) is 13.7 Å². The smallest absolute Gasteiger partial charge is 0.416 e. The van der Waals surface area contributed by atoms with Gasteiger partial charge in [-0.2, -0.15) is 13.2 Å². The molecule has 0 N–H and O–H groups in total. The molecule has 0 bridgehead atoms. The van der Waals surface area contributed by atoms with E-state index < -0.39 is 11.7 Å². The molecular weight excluding hydrogens is 233 g/mol. The van der Waals surface area contributed by atoms with Crippen molar-refractivity contribution in [2.24, 2.45) is 0 Å². The summed E-state index contributed by atoms with van der Waals surface area (Å²) >= 11 is 0. The zero-order chi connectivity index (χ0) is 12.9. The average molecular weight is 248 g/mol. The number of halogens is 3. The highest BCUT2D eigenvalue weighted by molar-refractivity contribution is 5.38. The van der Waals surface area contributed by atoms with Gasteiger partial charge in [-0.25, -0.2) is 0 Å². The fourth-order valence-electron chi connectivity index (χ4n) is 1.35. The van der Waals surface area contributed by atoms with E-state index in [1.807, 2.05) is 6.92 Å². The van der Waals surface area contributed by atoms with Crippen LogP contribution in [0.15, 0.2) is 18.2 Å². The summed E-state index contributed by atoms with van der Waals surface area (Å²) in [5.41, 5.74) is -0.0857. The van der Waals surface area contributed by atoms with Gasteiger partial charge >= 0.3 is 6.18 Å². The van der Waals surface area contributed by atoms with Gasteiger partial charge in [-0.3, -0.25) is 0 Å². The maximum Gasteiger partial charge on any atom is 0.416 e. The normalized spacial score (nSPS) is 11.6. The number of hydrogen-bond acceptors (Lipinski definition) is 2. The predicted molar refractivity (Wildman–Crippen MR) is 57.9 cm³/mol. The van der Waals surface area contributed by atoms with Gasteiger partial charge in [0, 0.05) is 12.7 Å². The molecule has 1 aromatic carbocycles. The van der Waals surface area contributed by atoms with Crippen molar-refractivity contribution in [2.45, 2.75) is 26.1 Å². The van der Waals surface area contributed by atoms with Gasteiger partial charge in [0.2, 0.25) is 0 Å². The van der Waals surface area contributed by atoms with Crippen LogP contribution in [0.1, 0.15) is 24.5 Å². The van der Waals surface area contributed by atoms with Crippen molar-refractivity contribution in [1.82, 2.24) is 0 Å². The lowest BCUT2D eigenvalue weighted by molar-refractivity contribution is -0.137. The van der Waals surface area contributed by atoms with Crippen LogP contribution in [-0.2, 0) is 17.5 Å². The molecule has 0 fully saturated rings. The van der Waals surface area contributed by atoms with E-state index in [9.17, 15) is 13.2 Å². The van der Waals surface area contributed by atoms with E-state index in [0.29, 0.717) is 12.2 Å². The van der Waals surface area contributed by atoms with Crippen molar-refractivity contribution in [3.8, 4) is 5.75 Å². The van der Waals surface area contributed by atoms with E-state index in [2.05, 4.69) is 0 Å². The Morgan fingerprint density at radius 2 is 1.94 bits per heavy atom. The number of benzene rings is 1. The van der Waals surface area contributed by atoms with Crippen LogP contribution in [0.5, 0.6) is 5.75 Å². The van der Waals surface area contributed by atoms with Crippen LogP contribution in [0.25, 0.3) is 0 Å². The molecule has 1 aromatic rings. The van der Waals surface area contributed by atoms with Crippen LogP contribution in [-0.4, -0.2) is 13.7 Å². The topological polar surface area (TPSA) is 18.5 Å². The Labute approximate surface area is 98.3 Å². The molecule has 0 saturated carbocycles. The molecule has 0 aromatic heterocycles. The van der Waals surface area contributed by atoms with Crippen molar-refractivity contribution < 1.29 is 22.6 Å². The lowest BCUT2D eigenvalue weighted by atomic mass is 10.1. The van der Waals surface area contributed by atoms with Gasteiger partial charge < -0.3 is 9.47 Å². The van der Waals surface area contributed by atoms with E-state index in [4.69, 9.17) is 9.47 Å². The minimum atomic E-state index is -4.35. The summed E-state index contributed by atoms with van der Waals surface area (Å²) in [4.78, 5) is 0. The largest absolute Gasteiger partial charge is 0.493 e. The Balaban J connectivity index is 3.01. The summed E-state index contributed by atoms with van der Waals surface area (Å²) in [6, 6.07) is 3.44. The molecule has 17 heavy (non-hydrogen) atoms. The Morgan fingerprint density at radius 3 is 2.47 bits per heavy atom. The molecule has 0 aliphatic heterocycles. The van der Waals surface area contributed by atoms with Gasteiger partial charge in [-0.1, -0.05) is 13.0 Å². The second kappa shape index (κ2) is 5.91. The Kier molecular flexibility index (Phi) is 4.81. The van der Waals surface area contributed by atoms with Gasteiger partial charge in [-0.15, -0.1) is 0 Å². The molecule has 0 radical (unpaired) electrons. The van der Waals surface area contributed by atoms with Gasteiger partial charge in [0.05, 0.1) is 18.8 Å². The molecular formula is C12H15F3O2. The van der Waals surface area contributed by atoms with Crippen molar-refractivity contribution >= 4 is 0 Å². The van der Waals surface area contributed by atoms with Crippen molar-refractivity contribution in [3.63, 3.8) is 0 Å². The zero-order valence-corrected chi connectivity index (χ0v) is 9.80. The molecule has 0 spiro atoms. The fraction of sp³-hybridized carbons (Fsp3) is 0.500. The number of methoxy groups -OCH3 is 1. The van der Waals surface area contributed by atoms with Crippen LogP contribution in [0.3, 0.4) is 0 Å². The highest BCUT2D eigenvalue weighted by atomic mass is 19.4. The highest BCUT2D eigenvalue weighted by Gasteiger charge is 2.31. The van der Waals surface area contributed by atoms with E-state index in [1.54, 1.807) is 0 Å². The first-order chi connectivity index (χ1) is 7.99. The van der Waals surface area contributed by atoms with Crippen LogP contribution in [0.4, 0.5) is 13.2 Å². The molecule has 2 nitrogen and oxygen atoms in total. The summed E-state index contributed by atoms with van der Waals surface area (Å²) in [6.45, 7) is 2.51. The van der Waals surface area contributed by atoms with Crippen LogP contribution < -0.4 is 4.74 Å². The molecule has 96 valence electrons. The Morgan fingerprint density at radius 1 is 1.24 bits per heavy atom. The average Bonchev–Trinajstić information content (AvgIpc) is 2.26. The molecule has 0 aliphatic rings. The Hall–Kier alpha value is -1.23. The molecule has 5 heteroatoms.